The van der Waals surface area contributed by atoms with Crippen LogP contribution in [-0.4, -0.2) is 10.7 Å². The highest BCUT2D eigenvalue weighted by Crippen LogP contribution is 1.98. The lowest BCUT2D eigenvalue weighted by molar-refractivity contribution is 1.25. The van der Waals surface area contributed by atoms with Crippen LogP contribution >= 0.6 is 12.6 Å². The third-order valence-electron chi connectivity index (χ3n) is 1.34. The number of thiol groups is 1. The highest BCUT2D eigenvalue weighted by atomic mass is 32.1. The summed E-state index contributed by atoms with van der Waals surface area (Å²) in [5.74, 6) is 6.62. The van der Waals surface area contributed by atoms with Crippen LogP contribution in [0.3, 0.4) is 0 Å². The normalized spacial score (nSPS) is 8.31. The first-order chi connectivity index (χ1) is 6.36. The van der Waals surface area contributed by atoms with E-state index in [0.717, 1.165) is 17.7 Å². The average molecular weight is 188 g/mol. The van der Waals surface area contributed by atoms with Crippen molar-refractivity contribution in [2.45, 2.75) is 6.42 Å². The van der Waals surface area contributed by atoms with Gasteiger partial charge in [0.15, 0.2) is 0 Å². The lowest BCUT2D eigenvalue weighted by Crippen LogP contribution is -1.82. The smallest absolute Gasteiger partial charge is 0.141 e. The first kappa shape index (κ1) is 9.64. The van der Waals surface area contributed by atoms with Crippen LogP contribution in [-0.2, 0) is 0 Å². The zero-order valence-corrected chi connectivity index (χ0v) is 7.88. The summed E-state index contributed by atoms with van der Waals surface area (Å²) in [5, 5.41) is 8.56. The SMILES string of the molecule is N#Cc1cc(C#CCCS)ccn1. The molecule has 0 aliphatic heterocycles. The third-order valence-corrected chi connectivity index (χ3v) is 1.57. The molecule has 0 atom stereocenters. The lowest BCUT2D eigenvalue weighted by Gasteiger charge is -1.89. The molecule has 0 aliphatic carbocycles. The predicted octanol–water partition coefficient (Wildman–Crippen LogP) is 1.62. The van der Waals surface area contributed by atoms with E-state index in [1.807, 2.05) is 6.07 Å². The van der Waals surface area contributed by atoms with E-state index in [2.05, 4.69) is 29.5 Å². The largest absolute Gasteiger partial charge is 0.245 e. The maximum Gasteiger partial charge on any atom is 0.141 e. The second kappa shape index (κ2) is 5.24. The van der Waals surface area contributed by atoms with Crippen molar-refractivity contribution < 1.29 is 0 Å². The van der Waals surface area contributed by atoms with Gasteiger partial charge < -0.3 is 0 Å². The predicted molar refractivity (Wildman–Crippen MR) is 54.3 cm³/mol. The molecule has 1 heterocycles. The van der Waals surface area contributed by atoms with Gasteiger partial charge in [-0.05, 0) is 12.1 Å². The minimum atomic E-state index is 0.401. The molecule has 64 valence electrons. The van der Waals surface area contributed by atoms with Gasteiger partial charge in [0.1, 0.15) is 11.8 Å². The topological polar surface area (TPSA) is 36.7 Å². The van der Waals surface area contributed by atoms with Crippen molar-refractivity contribution >= 4 is 12.6 Å². The highest BCUT2D eigenvalue weighted by molar-refractivity contribution is 7.80. The van der Waals surface area contributed by atoms with Gasteiger partial charge >= 0.3 is 0 Å². The maximum absolute atomic E-state index is 8.56. The summed E-state index contributed by atoms with van der Waals surface area (Å²) in [7, 11) is 0. The first-order valence-electron chi connectivity index (χ1n) is 3.82. The number of hydrogen-bond acceptors (Lipinski definition) is 3. The highest BCUT2D eigenvalue weighted by Gasteiger charge is 1.91. The Hall–Kier alpha value is -1.45. The molecule has 13 heavy (non-hydrogen) atoms. The summed E-state index contributed by atoms with van der Waals surface area (Å²) >= 11 is 4.04. The van der Waals surface area contributed by atoms with Gasteiger partial charge in [0.05, 0.1) is 0 Å². The minimum Gasteiger partial charge on any atom is -0.245 e. The molecule has 0 bridgehead atoms. The van der Waals surface area contributed by atoms with Crippen LogP contribution in [0.25, 0.3) is 0 Å². The number of nitriles is 1. The summed E-state index contributed by atoms with van der Waals surface area (Å²) in [6.07, 6.45) is 2.34. The molecular formula is C10H8N2S. The molecule has 1 rings (SSSR count). The van der Waals surface area contributed by atoms with Gasteiger partial charge in [-0.25, -0.2) is 4.98 Å². The molecule has 1 aromatic heterocycles. The van der Waals surface area contributed by atoms with Crippen molar-refractivity contribution in [3.05, 3.63) is 29.6 Å². The standard InChI is InChI=1S/C10H8N2S/c11-8-10-7-9(4-5-12-10)3-1-2-6-13/h4-5,7,13H,2,6H2. The van der Waals surface area contributed by atoms with Gasteiger partial charge in [-0.3, -0.25) is 0 Å². The van der Waals surface area contributed by atoms with Crippen LogP contribution in [0.5, 0.6) is 0 Å². The molecule has 0 fully saturated rings. The molecule has 1 aromatic rings. The average Bonchev–Trinajstić information content (AvgIpc) is 2.19. The second-order valence-corrected chi connectivity index (χ2v) is 2.76. The van der Waals surface area contributed by atoms with Crippen molar-refractivity contribution in [2.75, 3.05) is 5.75 Å². The first-order valence-corrected chi connectivity index (χ1v) is 4.46. The van der Waals surface area contributed by atoms with E-state index < -0.39 is 0 Å². The van der Waals surface area contributed by atoms with Crippen molar-refractivity contribution in [3.8, 4) is 17.9 Å². The lowest BCUT2D eigenvalue weighted by atomic mass is 10.2. The van der Waals surface area contributed by atoms with Crippen molar-refractivity contribution in [3.63, 3.8) is 0 Å². The Morgan fingerprint density at radius 2 is 2.38 bits per heavy atom. The van der Waals surface area contributed by atoms with E-state index >= 15 is 0 Å². The van der Waals surface area contributed by atoms with Crippen molar-refractivity contribution in [2.24, 2.45) is 0 Å². The zero-order chi connectivity index (χ0) is 9.52. The molecule has 0 aliphatic rings. The summed E-state index contributed by atoms with van der Waals surface area (Å²) < 4.78 is 0. The van der Waals surface area contributed by atoms with Crippen LogP contribution in [0.15, 0.2) is 18.3 Å². The van der Waals surface area contributed by atoms with Crippen molar-refractivity contribution in [1.82, 2.24) is 4.98 Å². The number of hydrogen-bond donors (Lipinski definition) is 1. The number of aromatic nitrogens is 1. The molecule has 0 amide bonds. The molecule has 3 heteroatoms. The maximum atomic E-state index is 8.56. The Kier molecular flexibility index (Phi) is 3.88. The van der Waals surface area contributed by atoms with Crippen LogP contribution in [0.1, 0.15) is 17.7 Å². The minimum absolute atomic E-state index is 0.401. The summed E-state index contributed by atoms with van der Waals surface area (Å²) in [5.41, 5.74) is 1.23. The van der Waals surface area contributed by atoms with Gasteiger partial charge in [0.25, 0.3) is 0 Å². The Labute approximate surface area is 83.0 Å². The molecule has 0 spiro atoms. The summed E-state index contributed by atoms with van der Waals surface area (Å²) in [6.45, 7) is 0. The van der Waals surface area contributed by atoms with Crippen LogP contribution in [0.2, 0.25) is 0 Å². The monoisotopic (exact) mass is 188 g/mol. The molecule has 0 saturated heterocycles. The van der Waals surface area contributed by atoms with Gasteiger partial charge in [-0.15, -0.1) is 0 Å². The molecule has 0 N–H and O–H groups in total. The van der Waals surface area contributed by atoms with Crippen molar-refractivity contribution in [1.29, 1.82) is 5.26 Å². The van der Waals surface area contributed by atoms with Gasteiger partial charge in [0, 0.05) is 23.9 Å². The summed E-state index contributed by atoms with van der Waals surface area (Å²) in [6, 6.07) is 5.42. The Morgan fingerprint density at radius 3 is 3.08 bits per heavy atom. The van der Waals surface area contributed by atoms with E-state index in [1.54, 1.807) is 18.3 Å². The third kappa shape index (κ3) is 3.19. The summed E-state index contributed by atoms with van der Waals surface area (Å²) in [4.78, 5) is 3.84. The Balaban J connectivity index is 2.81. The number of nitrogens with zero attached hydrogens (tertiary/aromatic N) is 2. The molecule has 0 radical (unpaired) electrons. The zero-order valence-electron chi connectivity index (χ0n) is 6.99. The van der Waals surface area contributed by atoms with Crippen LogP contribution in [0, 0.1) is 23.2 Å². The number of rotatable bonds is 1. The molecule has 0 aromatic carbocycles. The van der Waals surface area contributed by atoms with E-state index in [0.29, 0.717) is 5.69 Å². The van der Waals surface area contributed by atoms with E-state index in [4.69, 9.17) is 5.26 Å². The molecular weight excluding hydrogens is 180 g/mol. The van der Waals surface area contributed by atoms with Gasteiger partial charge in [-0.2, -0.15) is 17.9 Å². The Morgan fingerprint density at radius 1 is 1.54 bits per heavy atom. The van der Waals surface area contributed by atoms with Gasteiger partial charge in [0.2, 0.25) is 0 Å². The molecule has 0 unspecified atom stereocenters. The fourth-order valence-corrected chi connectivity index (χ4v) is 0.902. The van der Waals surface area contributed by atoms with Crippen LogP contribution in [0.4, 0.5) is 0 Å². The fourth-order valence-electron chi connectivity index (χ4n) is 0.790. The van der Waals surface area contributed by atoms with Crippen LogP contribution < -0.4 is 0 Å². The van der Waals surface area contributed by atoms with E-state index in [1.165, 1.54) is 0 Å². The van der Waals surface area contributed by atoms with Gasteiger partial charge in [-0.1, -0.05) is 11.8 Å². The molecule has 2 nitrogen and oxygen atoms in total. The Bertz CT molecular complexity index is 382. The fraction of sp³-hybridized carbons (Fsp3) is 0.200. The quantitative estimate of drug-likeness (QED) is 0.537. The molecule has 0 saturated carbocycles. The van der Waals surface area contributed by atoms with E-state index in [9.17, 15) is 0 Å². The number of pyridine rings is 1. The van der Waals surface area contributed by atoms with E-state index in [-0.39, 0.29) is 0 Å². The second-order valence-electron chi connectivity index (χ2n) is 2.32.